The van der Waals surface area contributed by atoms with E-state index in [9.17, 15) is 9.59 Å². The van der Waals surface area contributed by atoms with Crippen molar-refractivity contribution >= 4 is 11.9 Å². The summed E-state index contributed by atoms with van der Waals surface area (Å²) in [5.74, 6) is -0.550. The Morgan fingerprint density at radius 3 is 2.78 bits per heavy atom. The fraction of sp³-hybridized carbons (Fsp3) is 0.692. The number of ether oxygens (including phenoxy) is 2. The number of carbonyl (C=O) groups excluding carboxylic acids is 2. The molecule has 1 fully saturated rings. The van der Waals surface area contributed by atoms with E-state index in [1.807, 2.05) is 0 Å². The Kier molecular flexibility index (Phi) is 6.43. The molecule has 1 rings (SSSR count). The van der Waals surface area contributed by atoms with E-state index >= 15 is 0 Å². The predicted octanol–water partition coefficient (Wildman–Crippen LogP) is 1.04. The van der Waals surface area contributed by atoms with E-state index in [4.69, 9.17) is 9.47 Å². The molecule has 1 heterocycles. The molecule has 0 saturated carbocycles. The molecule has 1 atom stereocenters. The fourth-order valence-corrected chi connectivity index (χ4v) is 1.72. The van der Waals surface area contributed by atoms with Gasteiger partial charge in [0.05, 0.1) is 6.61 Å². The smallest absolute Gasteiger partial charge is 0.328 e. The maximum atomic E-state index is 11.9. The van der Waals surface area contributed by atoms with Gasteiger partial charge in [-0.3, -0.25) is 4.79 Å². The van der Waals surface area contributed by atoms with E-state index in [2.05, 4.69) is 11.9 Å². The number of rotatable bonds is 6. The molecule has 0 aromatic carbocycles. The Hall–Kier alpha value is -1.36. The lowest BCUT2D eigenvalue weighted by Gasteiger charge is -2.22. The van der Waals surface area contributed by atoms with Crippen LogP contribution in [0.2, 0.25) is 0 Å². The maximum absolute atomic E-state index is 11.9. The third kappa shape index (κ3) is 4.87. The van der Waals surface area contributed by atoms with Gasteiger partial charge in [0, 0.05) is 19.1 Å². The minimum absolute atomic E-state index is 0.0535. The summed E-state index contributed by atoms with van der Waals surface area (Å²) in [6.45, 7) is 6.69. The summed E-state index contributed by atoms with van der Waals surface area (Å²) in [6.07, 6.45) is 3.72. The number of nitrogens with one attached hydrogen (secondary N) is 1. The molecule has 18 heavy (non-hydrogen) atoms. The van der Waals surface area contributed by atoms with Crippen LogP contribution in [0.15, 0.2) is 12.7 Å². The molecule has 1 N–H and O–H groups in total. The van der Waals surface area contributed by atoms with Gasteiger partial charge in [-0.25, -0.2) is 4.79 Å². The highest BCUT2D eigenvalue weighted by molar-refractivity contribution is 5.85. The Labute approximate surface area is 108 Å². The van der Waals surface area contributed by atoms with Crippen molar-refractivity contribution in [1.82, 2.24) is 5.32 Å². The standard InChI is InChI=1S/C13H21NO4/c1-3-4-7-18-13(16)10(2)14-12(15)11-5-8-17-9-6-11/h3,10-11H,1,4-9H2,2H3,(H,14,15)/t10-/m1/s1. The van der Waals surface area contributed by atoms with Crippen LogP contribution in [0.4, 0.5) is 0 Å². The molecule has 1 saturated heterocycles. The molecule has 102 valence electrons. The van der Waals surface area contributed by atoms with Gasteiger partial charge in [0.25, 0.3) is 0 Å². The topological polar surface area (TPSA) is 64.6 Å². The lowest BCUT2D eigenvalue weighted by molar-refractivity contribution is -0.148. The average Bonchev–Trinajstić information content (AvgIpc) is 2.39. The molecule has 1 aliphatic rings. The van der Waals surface area contributed by atoms with E-state index in [-0.39, 0.29) is 11.8 Å². The normalized spacial score (nSPS) is 17.8. The van der Waals surface area contributed by atoms with Crippen molar-refractivity contribution < 1.29 is 19.1 Å². The second kappa shape index (κ2) is 7.87. The van der Waals surface area contributed by atoms with Crippen LogP contribution in [-0.4, -0.2) is 37.7 Å². The molecule has 0 aromatic rings. The van der Waals surface area contributed by atoms with Crippen LogP contribution in [0.3, 0.4) is 0 Å². The van der Waals surface area contributed by atoms with Crippen molar-refractivity contribution in [3.8, 4) is 0 Å². The van der Waals surface area contributed by atoms with Crippen LogP contribution in [0, 0.1) is 5.92 Å². The lowest BCUT2D eigenvalue weighted by Crippen LogP contribution is -2.43. The van der Waals surface area contributed by atoms with Crippen LogP contribution < -0.4 is 5.32 Å². The first kappa shape index (κ1) is 14.7. The summed E-state index contributed by atoms with van der Waals surface area (Å²) in [7, 11) is 0. The summed E-state index contributed by atoms with van der Waals surface area (Å²) in [6, 6.07) is -0.606. The Morgan fingerprint density at radius 1 is 1.50 bits per heavy atom. The molecule has 0 aromatic heterocycles. The summed E-state index contributed by atoms with van der Waals surface area (Å²) in [4.78, 5) is 23.4. The number of esters is 1. The highest BCUT2D eigenvalue weighted by Crippen LogP contribution is 2.14. The summed E-state index contributed by atoms with van der Waals surface area (Å²) in [5.41, 5.74) is 0. The van der Waals surface area contributed by atoms with Crippen LogP contribution in [0.5, 0.6) is 0 Å². The van der Waals surface area contributed by atoms with Gasteiger partial charge in [-0.1, -0.05) is 6.08 Å². The number of carbonyl (C=O) groups is 2. The van der Waals surface area contributed by atoms with Gasteiger partial charge in [0.1, 0.15) is 6.04 Å². The SMILES string of the molecule is C=CCCOC(=O)[C@@H](C)NC(=O)C1CCOCC1. The highest BCUT2D eigenvalue weighted by atomic mass is 16.5. The van der Waals surface area contributed by atoms with Gasteiger partial charge in [0.15, 0.2) is 0 Å². The van der Waals surface area contributed by atoms with Crippen molar-refractivity contribution in [2.45, 2.75) is 32.2 Å². The highest BCUT2D eigenvalue weighted by Gasteiger charge is 2.25. The van der Waals surface area contributed by atoms with Gasteiger partial charge >= 0.3 is 5.97 Å². The predicted molar refractivity (Wildman–Crippen MR) is 66.9 cm³/mol. The average molecular weight is 255 g/mol. The zero-order valence-electron chi connectivity index (χ0n) is 10.8. The summed E-state index contributed by atoms with van der Waals surface area (Å²) < 4.78 is 10.2. The number of hydrogen-bond acceptors (Lipinski definition) is 4. The quantitative estimate of drug-likeness (QED) is 0.437. The van der Waals surface area contributed by atoms with Crippen LogP contribution >= 0.6 is 0 Å². The summed E-state index contributed by atoms with van der Waals surface area (Å²) >= 11 is 0. The van der Waals surface area contributed by atoms with E-state index in [0.717, 1.165) is 0 Å². The van der Waals surface area contributed by atoms with Gasteiger partial charge in [-0.2, -0.15) is 0 Å². The molecule has 0 unspecified atom stereocenters. The van der Waals surface area contributed by atoms with Crippen LogP contribution in [0.1, 0.15) is 26.2 Å². The number of amides is 1. The monoisotopic (exact) mass is 255 g/mol. The maximum Gasteiger partial charge on any atom is 0.328 e. The van der Waals surface area contributed by atoms with E-state index in [1.54, 1.807) is 13.0 Å². The van der Waals surface area contributed by atoms with E-state index in [1.165, 1.54) is 0 Å². The Morgan fingerprint density at radius 2 is 2.17 bits per heavy atom. The Balaban J connectivity index is 2.28. The third-order valence-electron chi connectivity index (χ3n) is 2.87. The first-order valence-corrected chi connectivity index (χ1v) is 6.30. The van der Waals surface area contributed by atoms with Crippen molar-refractivity contribution in [3.05, 3.63) is 12.7 Å². The van der Waals surface area contributed by atoms with Crippen LogP contribution in [-0.2, 0) is 19.1 Å². The zero-order chi connectivity index (χ0) is 13.4. The van der Waals surface area contributed by atoms with Gasteiger partial charge in [-0.05, 0) is 26.2 Å². The minimum atomic E-state index is -0.606. The summed E-state index contributed by atoms with van der Waals surface area (Å²) in [5, 5.41) is 2.68. The second-order valence-electron chi connectivity index (χ2n) is 4.36. The zero-order valence-corrected chi connectivity index (χ0v) is 10.8. The molecular weight excluding hydrogens is 234 g/mol. The van der Waals surface area contributed by atoms with Crippen molar-refractivity contribution in [3.63, 3.8) is 0 Å². The molecule has 0 spiro atoms. The minimum Gasteiger partial charge on any atom is -0.464 e. The Bertz CT molecular complexity index is 297. The van der Waals surface area contributed by atoms with Crippen molar-refractivity contribution in [2.24, 2.45) is 5.92 Å². The first-order valence-electron chi connectivity index (χ1n) is 6.30. The van der Waals surface area contributed by atoms with Crippen LogP contribution in [0.25, 0.3) is 0 Å². The van der Waals surface area contributed by atoms with Crippen molar-refractivity contribution in [2.75, 3.05) is 19.8 Å². The first-order chi connectivity index (χ1) is 8.65. The van der Waals surface area contributed by atoms with E-state index < -0.39 is 12.0 Å². The van der Waals surface area contributed by atoms with Crippen molar-refractivity contribution in [1.29, 1.82) is 0 Å². The molecule has 0 radical (unpaired) electrons. The largest absolute Gasteiger partial charge is 0.464 e. The van der Waals surface area contributed by atoms with Gasteiger partial charge in [-0.15, -0.1) is 6.58 Å². The third-order valence-corrected chi connectivity index (χ3v) is 2.87. The number of hydrogen-bond donors (Lipinski definition) is 1. The molecular formula is C13H21NO4. The molecule has 0 aliphatic carbocycles. The van der Waals surface area contributed by atoms with Gasteiger partial charge in [0.2, 0.25) is 5.91 Å². The second-order valence-corrected chi connectivity index (χ2v) is 4.36. The lowest BCUT2D eigenvalue weighted by atomic mass is 9.99. The van der Waals surface area contributed by atoms with E-state index in [0.29, 0.717) is 39.1 Å². The molecule has 5 nitrogen and oxygen atoms in total. The van der Waals surface area contributed by atoms with Gasteiger partial charge < -0.3 is 14.8 Å². The molecule has 1 aliphatic heterocycles. The molecule has 1 amide bonds. The molecule has 0 bridgehead atoms. The fourth-order valence-electron chi connectivity index (χ4n) is 1.72. The molecule has 5 heteroatoms.